The average molecular weight is 613 g/mol. The van der Waals surface area contributed by atoms with Crippen LogP contribution in [0.4, 0.5) is 5.69 Å². The van der Waals surface area contributed by atoms with Gasteiger partial charge in [0.05, 0.1) is 24.2 Å². The van der Waals surface area contributed by atoms with Gasteiger partial charge in [-0.15, -0.1) is 13.2 Å². The highest BCUT2D eigenvalue weighted by molar-refractivity contribution is 7.90. The van der Waals surface area contributed by atoms with Crippen molar-refractivity contribution in [2.75, 3.05) is 30.3 Å². The van der Waals surface area contributed by atoms with Crippen LogP contribution in [0.1, 0.15) is 66.9 Å². The van der Waals surface area contributed by atoms with E-state index in [2.05, 4.69) is 41.8 Å². The maximum atomic E-state index is 13.1. The predicted molar refractivity (Wildman–Crippen MR) is 168 cm³/mol. The third-order valence-electron chi connectivity index (χ3n) is 9.69. The summed E-state index contributed by atoms with van der Waals surface area (Å²) >= 11 is 6.38. The van der Waals surface area contributed by atoms with Gasteiger partial charge in [-0.1, -0.05) is 36.7 Å². The highest BCUT2D eigenvalue weighted by atomic mass is 35.5. The van der Waals surface area contributed by atoms with E-state index in [9.17, 15) is 18.3 Å². The molecule has 1 amide bonds. The van der Waals surface area contributed by atoms with Gasteiger partial charge in [0.2, 0.25) is 10.0 Å². The molecular weight excluding hydrogens is 572 g/mol. The first-order valence-electron chi connectivity index (χ1n) is 14.8. The van der Waals surface area contributed by atoms with Gasteiger partial charge in [-0.05, 0) is 97.7 Å². The molecule has 1 fully saturated rings. The van der Waals surface area contributed by atoms with Crippen molar-refractivity contribution < 1.29 is 23.1 Å². The monoisotopic (exact) mass is 612 g/mol. The quantitative estimate of drug-likeness (QED) is 0.329. The molecule has 0 saturated heterocycles. The fraction of sp³-hybridized carbons (Fsp3) is 0.485. The lowest BCUT2D eigenvalue weighted by molar-refractivity contribution is -0.0695. The van der Waals surface area contributed by atoms with Crippen molar-refractivity contribution in [3.63, 3.8) is 0 Å². The highest BCUT2D eigenvalue weighted by Crippen LogP contribution is 2.52. The molecule has 2 N–H and O–H groups in total. The molecular formula is C33H41ClN2O5S. The maximum Gasteiger partial charge on any atom is 0.264 e. The number of ether oxygens (including phenoxy) is 1. The SMILES string of the molecule is C=CCCS(=O)(=O)NC(=O)c1ccc2c(c1)N(C[C@H]1CC[C@@]1(C)C(O)CC=C)C[C@@]1(CCCc3cc(Cl)ccc31)CO2. The Kier molecular flexibility index (Phi) is 8.80. The first-order chi connectivity index (χ1) is 20.0. The van der Waals surface area contributed by atoms with Crippen LogP contribution in [0.3, 0.4) is 0 Å². The third-order valence-corrected chi connectivity index (χ3v) is 11.2. The summed E-state index contributed by atoms with van der Waals surface area (Å²) in [5, 5.41) is 11.7. The van der Waals surface area contributed by atoms with Crippen molar-refractivity contribution in [3.05, 3.63) is 83.4 Å². The summed E-state index contributed by atoms with van der Waals surface area (Å²) < 4.78 is 33.6. The Labute approximate surface area is 254 Å². The number of halogens is 1. The van der Waals surface area contributed by atoms with Crippen LogP contribution < -0.4 is 14.4 Å². The Bertz CT molecular complexity index is 1480. The van der Waals surface area contributed by atoms with Crippen molar-refractivity contribution >= 4 is 33.2 Å². The van der Waals surface area contributed by atoms with E-state index in [1.165, 1.54) is 17.2 Å². The number of aryl methyl sites for hydroxylation is 1. The summed E-state index contributed by atoms with van der Waals surface area (Å²) in [5.41, 5.74) is 2.96. The van der Waals surface area contributed by atoms with Crippen LogP contribution in [0.25, 0.3) is 0 Å². The summed E-state index contributed by atoms with van der Waals surface area (Å²) in [5.74, 6) is 0.00211. The fourth-order valence-electron chi connectivity index (χ4n) is 6.98. The van der Waals surface area contributed by atoms with Crippen LogP contribution in [0.2, 0.25) is 5.02 Å². The molecule has 1 spiro atoms. The minimum absolute atomic E-state index is 0.207. The standard InChI is InChI=1S/C33H41ClN2O5S/c1-4-6-17-42(39,40)35-31(38)24-10-13-29-28(19-24)36(20-25-14-16-32(25,3)30(37)8-5-2)21-33(22-41-29)15-7-9-23-18-26(34)11-12-27(23)33/h4-5,10-13,18-19,25,30,37H,1-2,6-9,14-17,20-22H2,3H3,(H,35,38)/t25-,30?,32-,33+/m1/s1. The van der Waals surface area contributed by atoms with Crippen LogP contribution in [0, 0.1) is 11.3 Å². The molecule has 3 aliphatic rings. The molecule has 1 heterocycles. The molecule has 1 aliphatic heterocycles. The number of amides is 1. The molecule has 4 atom stereocenters. The number of carbonyl (C=O) groups is 1. The predicted octanol–water partition coefficient (Wildman–Crippen LogP) is 5.80. The molecule has 7 nitrogen and oxygen atoms in total. The second-order valence-corrected chi connectivity index (χ2v) is 14.7. The summed E-state index contributed by atoms with van der Waals surface area (Å²) in [6, 6.07) is 11.3. The average Bonchev–Trinajstić information content (AvgIpc) is 3.10. The summed E-state index contributed by atoms with van der Waals surface area (Å²) in [6.45, 7) is 11.4. The van der Waals surface area contributed by atoms with Crippen LogP contribution in [-0.4, -0.2) is 51.0 Å². The van der Waals surface area contributed by atoms with Gasteiger partial charge in [-0.2, -0.15) is 0 Å². The number of rotatable bonds is 10. The van der Waals surface area contributed by atoms with Crippen molar-refractivity contribution in [2.24, 2.45) is 11.3 Å². The smallest absolute Gasteiger partial charge is 0.264 e. The van der Waals surface area contributed by atoms with E-state index in [-0.39, 0.29) is 34.5 Å². The number of nitrogens with one attached hydrogen (secondary N) is 1. The third kappa shape index (κ3) is 5.99. The fourth-order valence-corrected chi connectivity index (χ4v) is 8.15. The van der Waals surface area contributed by atoms with E-state index in [0.29, 0.717) is 31.9 Å². The van der Waals surface area contributed by atoms with Crippen LogP contribution in [0.5, 0.6) is 5.75 Å². The van der Waals surface area contributed by atoms with Crippen LogP contribution in [0.15, 0.2) is 61.7 Å². The zero-order valence-corrected chi connectivity index (χ0v) is 25.9. The molecule has 2 aliphatic carbocycles. The molecule has 42 heavy (non-hydrogen) atoms. The molecule has 0 radical (unpaired) electrons. The molecule has 1 unspecified atom stereocenters. The van der Waals surface area contributed by atoms with E-state index in [1.54, 1.807) is 24.3 Å². The number of sulfonamides is 1. The Balaban J connectivity index is 1.52. The minimum Gasteiger partial charge on any atom is -0.490 e. The lowest BCUT2D eigenvalue weighted by Gasteiger charge is -2.52. The van der Waals surface area contributed by atoms with Crippen LogP contribution in [-0.2, 0) is 21.9 Å². The maximum absolute atomic E-state index is 13.1. The van der Waals surface area contributed by atoms with Crippen molar-refractivity contribution in [1.82, 2.24) is 4.72 Å². The normalized spacial score (nSPS) is 25.7. The topological polar surface area (TPSA) is 95.9 Å². The summed E-state index contributed by atoms with van der Waals surface area (Å²) in [4.78, 5) is 15.4. The van der Waals surface area contributed by atoms with Gasteiger partial charge in [-0.3, -0.25) is 4.79 Å². The van der Waals surface area contributed by atoms with E-state index in [4.69, 9.17) is 16.3 Å². The first kappa shape index (κ1) is 30.6. The molecule has 226 valence electrons. The molecule has 1 saturated carbocycles. The van der Waals surface area contributed by atoms with Gasteiger partial charge in [0.25, 0.3) is 5.91 Å². The van der Waals surface area contributed by atoms with E-state index >= 15 is 0 Å². The number of hydrogen-bond donors (Lipinski definition) is 2. The van der Waals surface area contributed by atoms with Crippen LogP contribution >= 0.6 is 11.6 Å². The Morgan fingerprint density at radius 2 is 2.05 bits per heavy atom. The summed E-state index contributed by atoms with van der Waals surface area (Å²) in [7, 11) is -3.80. The molecule has 0 bridgehead atoms. The number of aliphatic hydroxyl groups excluding tert-OH is 1. The van der Waals surface area contributed by atoms with Gasteiger partial charge >= 0.3 is 0 Å². The summed E-state index contributed by atoms with van der Waals surface area (Å²) in [6.07, 6.45) is 8.42. The lowest BCUT2D eigenvalue weighted by Crippen LogP contribution is -2.53. The Morgan fingerprint density at radius 3 is 2.76 bits per heavy atom. The molecule has 9 heteroatoms. The second-order valence-electron chi connectivity index (χ2n) is 12.4. The van der Waals surface area contributed by atoms with Gasteiger partial charge in [0, 0.05) is 29.1 Å². The number of fused-ring (bicyclic) bond motifs is 3. The van der Waals surface area contributed by atoms with Gasteiger partial charge < -0.3 is 14.7 Å². The molecule has 2 aromatic carbocycles. The van der Waals surface area contributed by atoms with Gasteiger partial charge in [-0.25, -0.2) is 13.1 Å². The number of hydrogen-bond acceptors (Lipinski definition) is 6. The molecule has 2 aromatic rings. The highest BCUT2D eigenvalue weighted by Gasteiger charge is 2.49. The largest absolute Gasteiger partial charge is 0.490 e. The lowest BCUT2D eigenvalue weighted by atomic mass is 9.57. The zero-order chi connectivity index (χ0) is 30.1. The van der Waals surface area contributed by atoms with E-state index in [0.717, 1.165) is 42.8 Å². The van der Waals surface area contributed by atoms with Gasteiger partial charge in [0.15, 0.2) is 0 Å². The second kappa shape index (κ2) is 12.1. The van der Waals surface area contributed by atoms with E-state index in [1.807, 2.05) is 6.07 Å². The Hall–Kier alpha value is -2.81. The van der Waals surface area contributed by atoms with Gasteiger partial charge in [0.1, 0.15) is 5.75 Å². The molecule has 0 aromatic heterocycles. The zero-order valence-electron chi connectivity index (χ0n) is 24.3. The minimum atomic E-state index is -3.80. The Morgan fingerprint density at radius 1 is 1.24 bits per heavy atom. The van der Waals surface area contributed by atoms with Crippen molar-refractivity contribution in [3.8, 4) is 5.75 Å². The number of benzene rings is 2. The van der Waals surface area contributed by atoms with Crippen molar-refractivity contribution in [2.45, 2.75) is 63.4 Å². The number of carbonyl (C=O) groups excluding carboxylic acids is 1. The molecule has 5 rings (SSSR count). The van der Waals surface area contributed by atoms with E-state index < -0.39 is 22.0 Å². The number of anilines is 1. The van der Waals surface area contributed by atoms with Crippen molar-refractivity contribution in [1.29, 1.82) is 0 Å². The first-order valence-corrected chi connectivity index (χ1v) is 16.8. The number of aliphatic hydroxyl groups is 1. The number of allylic oxidation sites excluding steroid dienone is 1. The number of nitrogens with zero attached hydrogens (tertiary/aromatic N) is 1.